The van der Waals surface area contributed by atoms with Crippen LogP contribution in [0.25, 0.3) is 27.9 Å². The summed E-state index contributed by atoms with van der Waals surface area (Å²) < 4.78 is 21.0. The lowest BCUT2D eigenvalue weighted by Crippen LogP contribution is -2.17. The van der Waals surface area contributed by atoms with Crippen molar-refractivity contribution < 1.29 is 14.0 Å². The third kappa shape index (κ3) is 4.10. The zero-order valence-electron chi connectivity index (χ0n) is 17.2. The molecule has 0 fully saturated rings. The van der Waals surface area contributed by atoms with E-state index in [-0.39, 0.29) is 5.82 Å². The molecule has 7 heteroatoms. The number of nitrogens with zero attached hydrogens (tertiary/aromatic N) is 3. The van der Waals surface area contributed by atoms with Crippen molar-refractivity contribution >= 4 is 16.5 Å². The number of fused-ring (bicyclic) bond motifs is 2. The maximum atomic E-state index is 13.0. The Morgan fingerprint density at radius 2 is 1.88 bits per heavy atom. The van der Waals surface area contributed by atoms with Crippen molar-refractivity contribution in [2.24, 2.45) is 5.16 Å². The lowest BCUT2D eigenvalue weighted by atomic mass is 10.1. The first-order valence-electron chi connectivity index (χ1n) is 10.3. The molecule has 0 aliphatic rings. The molecule has 2 aromatic carbocycles. The molecular formula is C25H21FN4O2. The quantitative estimate of drug-likeness (QED) is 0.237. The second-order valence-electron chi connectivity index (χ2n) is 7.59. The molecule has 0 amide bonds. The number of aromatic nitrogens is 2. The van der Waals surface area contributed by atoms with Gasteiger partial charge in [0.25, 0.3) is 0 Å². The van der Waals surface area contributed by atoms with E-state index >= 15 is 0 Å². The van der Waals surface area contributed by atoms with Gasteiger partial charge >= 0.3 is 0 Å². The van der Waals surface area contributed by atoms with Crippen molar-refractivity contribution in [3.63, 3.8) is 0 Å². The van der Waals surface area contributed by atoms with Gasteiger partial charge in [-0.3, -0.25) is 0 Å². The minimum atomic E-state index is -0.224. The van der Waals surface area contributed by atoms with Crippen LogP contribution in [0.1, 0.15) is 11.1 Å². The van der Waals surface area contributed by atoms with Gasteiger partial charge in [-0.1, -0.05) is 23.4 Å². The molecule has 0 spiro atoms. The summed E-state index contributed by atoms with van der Waals surface area (Å²) in [6.07, 6.45) is 4.46. The van der Waals surface area contributed by atoms with Gasteiger partial charge in [0.15, 0.2) is 5.76 Å². The van der Waals surface area contributed by atoms with Gasteiger partial charge in [-0.15, -0.1) is 0 Å². The highest BCUT2D eigenvalue weighted by atomic mass is 19.1. The van der Waals surface area contributed by atoms with Gasteiger partial charge in [0.05, 0.1) is 6.33 Å². The third-order valence-electron chi connectivity index (χ3n) is 5.42. The molecule has 6 nitrogen and oxygen atoms in total. The van der Waals surface area contributed by atoms with Gasteiger partial charge in [-0.25, -0.2) is 9.37 Å². The summed E-state index contributed by atoms with van der Waals surface area (Å²) >= 11 is 0. The Balaban J connectivity index is 1.35. The molecule has 0 bridgehead atoms. The van der Waals surface area contributed by atoms with Gasteiger partial charge in [0.2, 0.25) is 0 Å². The zero-order chi connectivity index (χ0) is 21.9. The summed E-state index contributed by atoms with van der Waals surface area (Å²) in [7, 11) is 0. The Morgan fingerprint density at radius 3 is 2.72 bits per heavy atom. The third-order valence-corrected chi connectivity index (χ3v) is 5.42. The molecule has 0 aliphatic heterocycles. The van der Waals surface area contributed by atoms with E-state index < -0.39 is 0 Å². The molecule has 0 saturated heterocycles. The van der Waals surface area contributed by atoms with Crippen LogP contribution in [0.3, 0.4) is 0 Å². The summed E-state index contributed by atoms with van der Waals surface area (Å²) in [5, 5.41) is 17.6. The second kappa shape index (κ2) is 8.64. The SMILES string of the molecule is O/N=c1/cc(-c2cc3cccn3cn2)oc2ccc(CNCCc3ccc(F)cc3)cc12. The fourth-order valence-electron chi connectivity index (χ4n) is 3.72. The molecule has 0 aliphatic carbocycles. The Labute approximate surface area is 183 Å². The number of halogens is 1. The smallest absolute Gasteiger partial charge is 0.155 e. The van der Waals surface area contributed by atoms with Crippen LogP contribution >= 0.6 is 0 Å². The van der Waals surface area contributed by atoms with Crippen LogP contribution in [-0.2, 0) is 13.0 Å². The molecule has 160 valence electrons. The number of nitrogens with one attached hydrogen (secondary N) is 1. The average Bonchev–Trinajstić information content (AvgIpc) is 3.30. The molecule has 0 saturated carbocycles. The molecule has 2 N–H and O–H groups in total. The summed E-state index contributed by atoms with van der Waals surface area (Å²) in [5.74, 6) is 0.303. The van der Waals surface area contributed by atoms with E-state index in [4.69, 9.17) is 4.42 Å². The Hall–Kier alpha value is -3.97. The highest BCUT2D eigenvalue weighted by Crippen LogP contribution is 2.22. The highest BCUT2D eigenvalue weighted by molar-refractivity contribution is 5.79. The van der Waals surface area contributed by atoms with Gasteiger partial charge in [0.1, 0.15) is 22.5 Å². The lowest BCUT2D eigenvalue weighted by Gasteiger charge is -2.08. The summed E-state index contributed by atoms with van der Waals surface area (Å²) in [6, 6.07) is 19.9. The standard InChI is InChI=1S/C25H21FN4O2/c26-19-6-3-17(4-7-19)9-10-27-15-18-5-8-24-21(12-18)22(29-31)14-25(32-24)23-13-20-2-1-11-30(20)16-28-23/h1-8,11-14,16,27,31H,9-10,15H2/b29-22-. The Kier molecular flexibility index (Phi) is 5.39. The van der Waals surface area contributed by atoms with Crippen LogP contribution in [-0.4, -0.2) is 21.1 Å². The van der Waals surface area contributed by atoms with Crippen molar-refractivity contribution in [2.75, 3.05) is 6.54 Å². The Morgan fingerprint density at radius 1 is 1.03 bits per heavy atom. The van der Waals surface area contributed by atoms with E-state index in [9.17, 15) is 9.60 Å². The predicted molar refractivity (Wildman–Crippen MR) is 120 cm³/mol. The van der Waals surface area contributed by atoms with Crippen LogP contribution in [0, 0.1) is 5.82 Å². The van der Waals surface area contributed by atoms with E-state index in [1.165, 1.54) is 12.1 Å². The molecule has 0 unspecified atom stereocenters. The minimum absolute atomic E-state index is 0.224. The lowest BCUT2D eigenvalue weighted by molar-refractivity contribution is 0.302. The summed E-state index contributed by atoms with van der Waals surface area (Å²) in [6.45, 7) is 1.41. The topological polar surface area (TPSA) is 75.1 Å². The van der Waals surface area contributed by atoms with Crippen LogP contribution in [0.4, 0.5) is 4.39 Å². The molecule has 5 aromatic rings. The van der Waals surface area contributed by atoms with Gasteiger partial charge in [0, 0.05) is 29.7 Å². The molecule has 32 heavy (non-hydrogen) atoms. The average molecular weight is 428 g/mol. The van der Waals surface area contributed by atoms with Crippen LogP contribution in [0.15, 0.2) is 88.8 Å². The number of benzene rings is 2. The fourth-order valence-corrected chi connectivity index (χ4v) is 3.72. The van der Waals surface area contributed by atoms with Crippen molar-refractivity contribution in [3.05, 3.63) is 102 Å². The maximum absolute atomic E-state index is 13.0. The molecule has 3 heterocycles. The number of hydrogen-bond acceptors (Lipinski definition) is 5. The van der Waals surface area contributed by atoms with Crippen molar-refractivity contribution in [2.45, 2.75) is 13.0 Å². The van der Waals surface area contributed by atoms with Crippen LogP contribution in [0.2, 0.25) is 0 Å². The van der Waals surface area contributed by atoms with E-state index in [1.54, 1.807) is 24.5 Å². The predicted octanol–water partition coefficient (Wildman–Crippen LogP) is 4.51. The largest absolute Gasteiger partial charge is 0.454 e. The second-order valence-corrected chi connectivity index (χ2v) is 7.59. The molecule has 0 atom stereocenters. The van der Waals surface area contributed by atoms with E-state index in [0.29, 0.717) is 28.9 Å². The highest BCUT2D eigenvalue weighted by Gasteiger charge is 2.09. The zero-order valence-corrected chi connectivity index (χ0v) is 17.2. The van der Waals surface area contributed by atoms with Crippen molar-refractivity contribution in [3.8, 4) is 11.5 Å². The van der Waals surface area contributed by atoms with Gasteiger partial charge < -0.3 is 19.3 Å². The number of hydrogen-bond donors (Lipinski definition) is 2. The maximum Gasteiger partial charge on any atom is 0.155 e. The van der Waals surface area contributed by atoms with Gasteiger partial charge in [-0.2, -0.15) is 0 Å². The molecule has 0 radical (unpaired) electrons. The van der Waals surface area contributed by atoms with Crippen molar-refractivity contribution in [1.29, 1.82) is 0 Å². The molecule has 3 aromatic heterocycles. The Bertz CT molecular complexity index is 1450. The normalized spacial score (nSPS) is 12.1. The van der Waals surface area contributed by atoms with E-state index in [1.807, 2.05) is 47.0 Å². The first-order chi connectivity index (χ1) is 15.7. The first-order valence-corrected chi connectivity index (χ1v) is 10.3. The monoisotopic (exact) mass is 428 g/mol. The fraction of sp³-hybridized carbons (Fsp3) is 0.120. The molecule has 5 rings (SSSR count). The van der Waals surface area contributed by atoms with E-state index in [0.717, 1.165) is 35.0 Å². The number of rotatable bonds is 6. The minimum Gasteiger partial charge on any atom is -0.454 e. The summed E-state index contributed by atoms with van der Waals surface area (Å²) in [4.78, 5) is 4.44. The van der Waals surface area contributed by atoms with Crippen LogP contribution in [0.5, 0.6) is 0 Å². The molecular weight excluding hydrogens is 407 g/mol. The van der Waals surface area contributed by atoms with Crippen molar-refractivity contribution in [1.82, 2.24) is 14.7 Å². The summed E-state index contributed by atoms with van der Waals surface area (Å²) in [5.41, 5.74) is 4.39. The first kappa shape index (κ1) is 20.0. The van der Waals surface area contributed by atoms with E-state index in [2.05, 4.69) is 15.5 Å². The van der Waals surface area contributed by atoms with Gasteiger partial charge in [-0.05, 0) is 66.6 Å². The van der Waals surface area contributed by atoms with Crippen LogP contribution < -0.4 is 10.7 Å².